The molecule has 4 heterocycles. The molecular weight excluding hydrogens is 316 g/mol. The lowest BCUT2D eigenvalue weighted by molar-refractivity contribution is -0.135. The Bertz CT molecular complexity index is 911. The lowest BCUT2D eigenvalue weighted by Crippen LogP contribution is -2.40. The maximum Gasteiger partial charge on any atom is 0.243 e. The van der Waals surface area contributed by atoms with E-state index in [4.69, 9.17) is 4.98 Å². The van der Waals surface area contributed by atoms with Crippen molar-refractivity contribution in [1.29, 1.82) is 0 Å². The van der Waals surface area contributed by atoms with Gasteiger partial charge in [0.1, 0.15) is 12.4 Å². The molecule has 1 atom stereocenters. The summed E-state index contributed by atoms with van der Waals surface area (Å²) >= 11 is 0. The Kier molecular flexibility index (Phi) is 3.99. The summed E-state index contributed by atoms with van der Waals surface area (Å²) in [5, 5.41) is 4.28. The summed E-state index contributed by atoms with van der Waals surface area (Å²) in [5.74, 6) is 0.982. The van der Waals surface area contributed by atoms with Crippen molar-refractivity contribution in [3.05, 3.63) is 47.9 Å². The van der Waals surface area contributed by atoms with Gasteiger partial charge in [-0.25, -0.2) is 14.5 Å². The summed E-state index contributed by atoms with van der Waals surface area (Å²) in [6.45, 7) is 5.05. The van der Waals surface area contributed by atoms with Gasteiger partial charge in [-0.15, -0.1) is 0 Å². The molecule has 0 radical (unpaired) electrons. The van der Waals surface area contributed by atoms with E-state index >= 15 is 0 Å². The molecule has 1 amide bonds. The minimum Gasteiger partial charge on any atom is -0.333 e. The molecule has 7 nitrogen and oxygen atoms in total. The number of likely N-dealkylation sites (tertiary alicyclic amines) is 1. The monoisotopic (exact) mass is 338 g/mol. The maximum absolute atomic E-state index is 12.9. The highest BCUT2D eigenvalue weighted by Gasteiger charge is 2.29. The van der Waals surface area contributed by atoms with Crippen LogP contribution in [0.4, 0.5) is 0 Å². The van der Waals surface area contributed by atoms with Gasteiger partial charge in [0.2, 0.25) is 5.91 Å². The molecular formula is C18H22N6O. The molecule has 1 fully saturated rings. The molecule has 0 unspecified atom stereocenters. The molecule has 0 bridgehead atoms. The number of hydrogen-bond acceptors (Lipinski definition) is 4. The zero-order chi connectivity index (χ0) is 17.4. The quantitative estimate of drug-likeness (QED) is 0.735. The smallest absolute Gasteiger partial charge is 0.243 e. The van der Waals surface area contributed by atoms with Gasteiger partial charge < -0.3 is 9.47 Å². The van der Waals surface area contributed by atoms with Gasteiger partial charge in [0.05, 0.1) is 17.9 Å². The van der Waals surface area contributed by atoms with Gasteiger partial charge in [-0.05, 0) is 39.2 Å². The summed E-state index contributed by atoms with van der Waals surface area (Å²) in [6, 6.07) is 3.99. The van der Waals surface area contributed by atoms with Gasteiger partial charge in [-0.1, -0.05) is 0 Å². The molecule has 0 aliphatic carbocycles. The highest BCUT2D eigenvalue weighted by atomic mass is 16.2. The predicted molar refractivity (Wildman–Crippen MR) is 93.0 cm³/mol. The Labute approximate surface area is 146 Å². The molecule has 7 heteroatoms. The summed E-state index contributed by atoms with van der Waals surface area (Å²) in [7, 11) is 0. The van der Waals surface area contributed by atoms with E-state index in [-0.39, 0.29) is 11.9 Å². The summed E-state index contributed by atoms with van der Waals surface area (Å²) in [6.07, 6.45) is 8.45. The van der Waals surface area contributed by atoms with E-state index in [0.29, 0.717) is 6.54 Å². The lowest BCUT2D eigenvalue weighted by atomic mass is 9.98. The predicted octanol–water partition coefficient (Wildman–Crippen LogP) is 2.30. The molecule has 1 aliphatic heterocycles. The number of aromatic nitrogens is 5. The third-order valence-electron chi connectivity index (χ3n) is 4.95. The molecule has 130 valence electrons. The number of nitrogens with zero attached hydrogens (tertiary/aromatic N) is 6. The average Bonchev–Trinajstić information content (AvgIpc) is 3.24. The summed E-state index contributed by atoms with van der Waals surface area (Å²) in [4.78, 5) is 23.9. The van der Waals surface area contributed by atoms with Crippen molar-refractivity contribution in [1.82, 2.24) is 29.0 Å². The number of amides is 1. The van der Waals surface area contributed by atoms with E-state index in [1.54, 1.807) is 12.4 Å². The standard InChI is InChI=1S/C18H22N6O/c1-13-11-15(21-17-6-7-20-24(13)17)16-5-3-4-9-23(16)18(25)12-22-10-8-19-14(22)2/h6-8,10-11,16H,3-5,9,12H2,1-2H3/t16-/m0/s1. The van der Waals surface area contributed by atoms with Crippen molar-refractivity contribution >= 4 is 11.6 Å². The second-order valence-corrected chi connectivity index (χ2v) is 6.62. The number of rotatable bonds is 3. The van der Waals surface area contributed by atoms with Crippen LogP contribution in [0.2, 0.25) is 0 Å². The van der Waals surface area contributed by atoms with Crippen LogP contribution in [0.15, 0.2) is 30.7 Å². The van der Waals surface area contributed by atoms with Crippen molar-refractivity contribution < 1.29 is 4.79 Å². The van der Waals surface area contributed by atoms with Crippen LogP contribution in [-0.4, -0.2) is 41.5 Å². The van der Waals surface area contributed by atoms with Crippen LogP contribution in [0, 0.1) is 13.8 Å². The van der Waals surface area contributed by atoms with Crippen molar-refractivity contribution in [2.45, 2.75) is 45.7 Å². The molecule has 25 heavy (non-hydrogen) atoms. The molecule has 0 saturated carbocycles. The van der Waals surface area contributed by atoms with E-state index in [2.05, 4.69) is 16.1 Å². The third kappa shape index (κ3) is 2.90. The molecule has 3 aromatic heterocycles. The Morgan fingerprint density at radius 1 is 1.28 bits per heavy atom. The number of piperidine rings is 1. The highest BCUT2D eigenvalue weighted by Crippen LogP contribution is 2.31. The minimum atomic E-state index is 0.0312. The number of carbonyl (C=O) groups is 1. The Morgan fingerprint density at radius 2 is 2.16 bits per heavy atom. The average molecular weight is 338 g/mol. The Hall–Kier alpha value is -2.70. The highest BCUT2D eigenvalue weighted by molar-refractivity contribution is 5.76. The van der Waals surface area contributed by atoms with E-state index in [1.165, 1.54) is 0 Å². The van der Waals surface area contributed by atoms with Crippen LogP contribution in [0.5, 0.6) is 0 Å². The number of hydrogen-bond donors (Lipinski definition) is 0. The molecule has 1 saturated heterocycles. The van der Waals surface area contributed by atoms with Crippen molar-refractivity contribution in [2.75, 3.05) is 6.54 Å². The lowest BCUT2D eigenvalue weighted by Gasteiger charge is -2.35. The van der Waals surface area contributed by atoms with Crippen molar-refractivity contribution in [2.24, 2.45) is 0 Å². The van der Waals surface area contributed by atoms with Gasteiger partial charge in [0, 0.05) is 30.7 Å². The second-order valence-electron chi connectivity index (χ2n) is 6.62. The number of carbonyl (C=O) groups excluding carboxylic acids is 1. The van der Waals surface area contributed by atoms with Crippen LogP contribution < -0.4 is 0 Å². The fraction of sp³-hybridized carbons (Fsp3) is 0.444. The zero-order valence-corrected chi connectivity index (χ0v) is 14.6. The van der Waals surface area contributed by atoms with E-state index in [0.717, 1.165) is 48.7 Å². The van der Waals surface area contributed by atoms with Crippen LogP contribution in [0.1, 0.15) is 42.5 Å². The van der Waals surface area contributed by atoms with Crippen LogP contribution >= 0.6 is 0 Å². The third-order valence-corrected chi connectivity index (χ3v) is 4.95. The summed E-state index contributed by atoms with van der Waals surface area (Å²) in [5.41, 5.74) is 2.83. The van der Waals surface area contributed by atoms with Gasteiger partial charge in [-0.3, -0.25) is 4.79 Å². The van der Waals surface area contributed by atoms with Crippen LogP contribution in [0.3, 0.4) is 0 Å². The first-order valence-electron chi connectivity index (χ1n) is 8.72. The molecule has 0 N–H and O–H groups in total. The van der Waals surface area contributed by atoms with E-state index < -0.39 is 0 Å². The zero-order valence-electron chi connectivity index (χ0n) is 14.6. The second kappa shape index (κ2) is 6.31. The molecule has 4 rings (SSSR count). The molecule has 3 aromatic rings. The summed E-state index contributed by atoms with van der Waals surface area (Å²) < 4.78 is 3.72. The van der Waals surface area contributed by atoms with Crippen LogP contribution in [0.25, 0.3) is 5.65 Å². The maximum atomic E-state index is 12.9. The fourth-order valence-corrected chi connectivity index (χ4v) is 3.61. The van der Waals surface area contributed by atoms with Gasteiger partial charge in [0.15, 0.2) is 5.65 Å². The minimum absolute atomic E-state index is 0.0312. The first kappa shape index (κ1) is 15.8. The topological polar surface area (TPSA) is 68.3 Å². The Morgan fingerprint density at radius 3 is 2.96 bits per heavy atom. The Balaban J connectivity index is 1.63. The largest absolute Gasteiger partial charge is 0.333 e. The van der Waals surface area contributed by atoms with Gasteiger partial charge in [-0.2, -0.15) is 5.10 Å². The number of imidazole rings is 1. The number of fused-ring (bicyclic) bond motifs is 1. The van der Waals surface area contributed by atoms with Gasteiger partial charge in [0.25, 0.3) is 0 Å². The SMILES string of the molecule is Cc1nccn1CC(=O)N1CCCC[C@H]1c1cc(C)n2nccc2n1. The van der Waals surface area contributed by atoms with Gasteiger partial charge >= 0.3 is 0 Å². The van der Waals surface area contributed by atoms with E-state index in [1.807, 2.05) is 40.1 Å². The van der Waals surface area contributed by atoms with E-state index in [9.17, 15) is 4.79 Å². The van der Waals surface area contributed by atoms with Crippen LogP contribution in [-0.2, 0) is 11.3 Å². The van der Waals surface area contributed by atoms with Crippen molar-refractivity contribution in [3.8, 4) is 0 Å². The molecule has 1 aliphatic rings. The molecule has 0 spiro atoms. The molecule has 0 aromatic carbocycles. The fourth-order valence-electron chi connectivity index (χ4n) is 3.61. The first-order chi connectivity index (χ1) is 12.1. The normalized spacial score (nSPS) is 18.0. The first-order valence-corrected chi connectivity index (χ1v) is 8.72. The van der Waals surface area contributed by atoms with Crippen molar-refractivity contribution in [3.63, 3.8) is 0 Å². The number of aryl methyl sites for hydroxylation is 2.